The van der Waals surface area contributed by atoms with E-state index in [1.54, 1.807) is 6.92 Å². The summed E-state index contributed by atoms with van der Waals surface area (Å²) in [5.41, 5.74) is 2.94. The van der Waals surface area contributed by atoms with Gasteiger partial charge in [0.1, 0.15) is 17.1 Å². The van der Waals surface area contributed by atoms with Crippen molar-refractivity contribution in [2.75, 3.05) is 13.2 Å². The van der Waals surface area contributed by atoms with Crippen LogP contribution in [0.3, 0.4) is 0 Å². The van der Waals surface area contributed by atoms with Gasteiger partial charge in [0.15, 0.2) is 0 Å². The number of hydrogen-bond acceptors (Lipinski definition) is 4. The fourth-order valence-corrected chi connectivity index (χ4v) is 2.63. The van der Waals surface area contributed by atoms with E-state index in [0.717, 1.165) is 33.4 Å². The third-order valence-electron chi connectivity index (χ3n) is 3.89. The number of ether oxygens (including phenoxy) is 1. The molecule has 0 saturated heterocycles. The van der Waals surface area contributed by atoms with Gasteiger partial charge < -0.3 is 14.3 Å². The Bertz CT molecular complexity index is 924. The van der Waals surface area contributed by atoms with E-state index >= 15 is 0 Å². The molecular formula is C21H23NO3. The summed E-state index contributed by atoms with van der Waals surface area (Å²) < 4.78 is 11.7. The Kier molecular flexibility index (Phi) is 5.19. The highest BCUT2D eigenvalue weighted by molar-refractivity contribution is 5.80. The molecule has 0 spiro atoms. The van der Waals surface area contributed by atoms with Crippen LogP contribution >= 0.6 is 0 Å². The molecule has 1 aromatic heterocycles. The van der Waals surface area contributed by atoms with Gasteiger partial charge in [-0.1, -0.05) is 29.8 Å². The molecule has 0 aliphatic carbocycles. The van der Waals surface area contributed by atoms with Crippen molar-refractivity contribution < 1.29 is 14.3 Å². The SMILES string of the molecule is CCOc1ccc2oc(-c3ccc(C)cc3)cc(=NCC(C)O)c2c1. The summed E-state index contributed by atoms with van der Waals surface area (Å²) in [4.78, 5) is 4.57. The molecule has 3 aromatic rings. The maximum Gasteiger partial charge on any atom is 0.137 e. The van der Waals surface area contributed by atoms with Gasteiger partial charge in [0.2, 0.25) is 0 Å². The molecule has 0 bridgehead atoms. The fraction of sp³-hybridized carbons (Fsp3) is 0.286. The van der Waals surface area contributed by atoms with Crippen LogP contribution in [0.15, 0.2) is 57.9 Å². The topological polar surface area (TPSA) is 55.0 Å². The number of aliphatic hydroxyl groups is 1. The highest BCUT2D eigenvalue weighted by Gasteiger charge is 2.08. The quantitative estimate of drug-likeness (QED) is 0.763. The highest BCUT2D eigenvalue weighted by Crippen LogP contribution is 2.25. The second kappa shape index (κ2) is 7.53. The van der Waals surface area contributed by atoms with Crippen molar-refractivity contribution in [3.63, 3.8) is 0 Å². The van der Waals surface area contributed by atoms with Crippen LogP contribution in [-0.2, 0) is 0 Å². The third-order valence-corrected chi connectivity index (χ3v) is 3.89. The summed E-state index contributed by atoms with van der Waals surface area (Å²) in [6.45, 7) is 6.68. The molecule has 1 N–H and O–H groups in total. The van der Waals surface area contributed by atoms with Crippen LogP contribution in [0.5, 0.6) is 5.75 Å². The lowest BCUT2D eigenvalue weighted by Crippen LogP contribution is -2.11. The molecule has 0 amide bonds. The number of aryl methyl sites for hydroxylation is 1. The zero-order valence-corrected chi connectivity index (χ0v) is 14.8. The van der Waals surface area contributed by atoms with Gasteiger partial charge in [-0.05, 0) is 39.0 Å². The molecule has 2 aromatic carbocycles. The predicted molar refractivity (Wildman–Crippen MR) is 99.7 cm³/mol. The van der Waals surface area contributed by atoms with Gasteiger partial charge in [-0.3, -0.25) is 4.99 Å². The van der Waals surface area contributed by atoms with Gasteiger partial charge in [0.25, 0.3) is 0 Å². The summed E-state index contributed by atoms with van der Waals surface area (Å²) >= 11 is 0. The lowest BCUT2D eigenvalue weighted by molar-refractivity contribution is 0.203. The Morgan fingerprint density at radius 2 is 1.88 bits per heavy atom. The van der Waals surface area contributed by atoms with E-state index in [2.05, 4.69) is 24.0 Å². The Balaban J connectivity index is 2.19. The molecule has 0 aliphatic rings. The summed E-state index contributed by atoms with van der Waals surface area (Å²) in [6, 6.07) is 15.8. The molecule has 3 rings (SSSR count). The molecule has 0 aliphatic heterocycles. The van der Waals surface area contributed by atoms with Crippen LogP contribution in [-0.4, -0.2) is 24.4 Å². The second-order valence-corrected chi connectivity index (χ2v) is 6.14. The van der Waals surface area contributed by atoms with Gasteiger partial charge in [0.05, 0.1) is 24.6 Å². The minimum atomic E-state index is -0.495. The van der Waals surface area contributed by atoms with Gasteiger partial charge >= 0.3 is 0 Å². The summed E-state index contributed by atoms with van der Waals surface area (Å²) in [5, 5.41) is 11.3. The van der Waals surface area contributed by atoms with E-state index in [-0.39, 0.29) is 0 Å². The standard InChI is InChI=1S/C21H23NO3/c1-4-24-17-9-10-20-18(11-17)19(22-13-15(3)23)12-21(25-20)16-7-5-14(2)6-8-16/h5-12,15,23H,4,13H2,1-3H3. The van der Waals surface area contributed by atoms with Gasteiger partial charge in [-0.25, -0.2) is 0 Å². The van der Waals surface area contributed by atoms with E-state index in [4.69, 9.17) is 9.15 Å². The Morgan fingerprint density at radius 1 is 1.12 bits per heavy atom. The van der Waals surface area contributed by atoms with Crippen LogP contribution in [0.2, 0.25) is 0 Å². The van der Waals surface area contributed by atoms with Gasteiger partial charge in [0, 0.05) is 17.0 Å². The van der Waals surface area contributed by atoms with Crippen LogP contribution in [0.25, 0.3) is 22.3 Å². The number of benzene rings is 2. The Morgan fingerprint density at radius 3 is 2.56 bits per heavy atom. The second-order valence-electron chi connectivity index (χ2n) is 6.14. The van der Waals surface area contributed by atoms with Gasteiger partial charge in [-0.15, -0.1) is 0 Å². The molecule has 0 saturated carbocycles. The van der Waals surface area contributed by atoms with Crippen molar-refractivity contribution >= 4 is 11.0 Å². The van der Waals surface area contributed by atoms with E-state index in [0.29, 0.717) is 13.2 Å². The van der Waals surface area contributed by atoms with Gasteiger partial charge in [-0.2, -0.15) is 0 Å². The van der Waals surface area contributed by atoms with Crippen LogP contribution in [0, 0.1) is 6.92 Å². The first-order valence-corrected chi connectivity index (χ1v) is 8.53. The largest absolute Gasteiger partial charge is 0.494 e. The first-order valence-electron chi connectivity index (χ1n) is 8.53. The van der Waals surface area contributed by atoms with Crippen LogP contribution in [0.1, 0.15) is 19.4 Å². The minimum Gasteiger partial charge on any atom is -0.494 e. The molecule has 0 fully saturated rings. The molecule has 1 heterocycles. The van der Waals surface area contributed by atoms with Crippen molar-refractivity contribution in [2.45, 2.75) is 26.9 Å². The first kappa shape index (κ1) is 17.2. The number of fused-ring (bicyclic) bond motifs is 1. The average molecular weight is 337 g/mol. The third kappa shape index (κ3) is 4.09. The molecule has 1 unspecified atom stereocenters. The van der Waals surface area contributed by atoms with Crippen molar-refractivity contribution in [1.82, 2.24) is 0 Å². The molecule has 1 atom stereocenters. The zero-order valence-electron chi connectivity index (χ0n) is 14.8. The maximum absolute atomic E-state index is 9.60. The average Bonchev–Trinajstić information content (AvgIpc) is 2.60. The lowest BCUT2D eigenvalue weighted by atomic mass is 10.1. The van der Waals surface area contributed by atoms with Crippen molar-refractivity contribution in [2.24, 2.45) is 4.99 Å². The molecule has 130 valence electrons. The van der Waals surface area contributed by atoms with E-state index in [9.17, 15) is 5.11 Å². The van der Waals surface area contributed by atoms with E-state index in [1.165, 1.54) is 5.56 Å². The highest BCUT2D eigenvalue weighted by atomic mass is 16.5. The fourth-order valence-electron chi connectivity index (χ4n) is 2.63. The maximum atomic E-state index is 9.60. The number of rotatable bonds is 5. The molecule has 25 heavy (non-hydrogen) atoms. The molecule has 4 nitrogen and oxygen atoms in total. The number of aliphatic hydroxyl groups excluding tert-OH is 1. The summed E-state index contributed by atoms with van der Waals surface area (Å²) in [6.07, 6.45) is -0.495. The monoisotopic (exact) mass is 337 g/mol. The summed E-state index contributed by atoms with van der Waals surface area (Å²) in [5.74, 6) is 1.53. The Labute approximate surface area is 147 Å². The number of nitrogens with zero attached hydrogens (tertiary/aromatic N) is 1. The summed E-state index contributed by atoms with van der Waals surface area (Å²) in [7, 11) is 0. The molecular weight excluding hydrogens is 314 g/mol. The predicted octanol–water partition coefficient (Wildman–Crippen LogP) is 4.09. The van der Waals surface area contributed by atoms with Crippen LogP contribution in [0.4, 0.5) is 0 Å². The molecule has 4 heteroatoms. The normalized spacial score (nSPS) is 13.2. The van der Waals surface area contributed by atoms with Crippen LogP contribution < -0.4 is 10.1 Å². The first-order chi connectivity index (χ1) is 12.1. The Hall–Kier alpha value is -2.59. The lowest BCUT2D eigenvalue weighted by Gasteiger charge is -2.08. The molecule has 0 radical (unpaired) electrons. The van der Waals surface area contributed by atoms with E-state index in [1.807, 2.05) is 43.3 Å². The number of hydrogen-bond donors (Lipinski definition) is 1. The zero-order chi connectivity index (χ0) is 17.8. The van der Waals surface area contributed by atoms with Crippen molar-refractivity contribution in [1.29, 1.82) is 0 Å². The van der Waals surface area contributed by atoms with Crippen molar-refractivity contribution in [3.8, 4) is 17.1 Å². The smallest absolute Gasteiger partial charge is 0.137 e. The minimum absolute atomic E-state index is 0.339. The van der Waals surface area contributed by atoms with Crippen molar-refractivity contribution in [3.05, 3.63) is 59.5 Å². The van der Waals surface area contributed by atoms with E-state index < -0.39 is 6.10 Å².